The fourth-order valence-electron chi connectivity index (χ4n) is 4.97. The normalized spacial score (nSPS) is 17.5. The van der Waals surface area contributed by atoms with Crippen molar-refractivity contribution in [1.29, 1.82) is 0 Å². The second kappa shape index (κ2) is 12.0. The molecule has 0 spiro atoms. The van der Waals surface area contributed by atoms with Gasteiger partial charge in [-0.25, -0.2) is 0 Å². The van der Waals surface area contributed by atoms with Crippen molar-refractivity contribution in [3.63, 3.8) is 0 Å². The Hall–Kier alpha value is -3.03. The number of carbonyl (C=O) groups excluding carboxylic acids is 1. The minimum absolute atomic E-state index is 0.107. The lowest BCUT2D eigenvalue weighted by Crippen LogP contribution is -2.32. The summed E-state index contributed by atoms with van der Waals surface area (Å²) in [6.07, 6.45) is 4.46. The largest absolute Gasteiger partial charge is 0.496 e. The van der Waals surface area contributed by atoms with E-state index in [4.69, 9.17) is 18.9 Å². The second-order valence-electron chi connectivity index (χ2n) is 9.65. The molecule has 1 atom stereocenters. The van der Waals surface area contributed by atoms with Gasteiger partial charge in [0.05, 0.1) is 19.8 Å². The van der Waals surface area contributed by atoms with Crippen LogP contribution in [0.4, 0.5) is 0 Å². The minimum Gasteiger partial charge on any atom is -0.496 e. The van der Waals surface area contributed by atoms with Crippen LogP contribution in [0, 0.1) is 6.92 Å². The molecule has 0 unspecified atom stereocenters. The molecular weight excluding hydrogens is 486 g/mol. The smallest absolute Gasteiger partial charge is 0.223 e. The predicted molar refractivity (Wildman–Crippen MR) is 146 cm³/mol. The topological polar surface area (TPSA) is 57.2 Å². The number of amides is 1. The molecule has 1 amide bonds. The Labute approximate surface area is 223 Å². The van der Waals surface area contributed by atoms with Gasteiger partial charge in [0.25, 0.3) is 0 Å². The number of ether oxygens (including phenoxy) is 4. The zero-order chi connectivity index (χ0) is 25.6. The van der Waals surface area contributed by atoms with Gasteiger partial charge in [-0.05, 0) is 74.1 Å². The third-order valence-electron chi connectivity index (χ3n) is 6.98. The molecule has 6 nitrogen and oxygen atoms in total. The Bertz CT molecular complexity index is 1220. The van der Waals surface area contributed by atoms with Gasteiger partial charge in [-0.15, -0.1) is 11.3 Å². The molecule has 3 aromatic rings. The number of para-hydroxylation sites is 1. The van der Waals surface area contributed by atoms with Gasteiger partial charge in [0, 0.05) is 34.9 Å². The zero-order valence-corrected chi connectivity index (χ0v) is 22.5. The van der Waals surface area contributed by atoms with Crippen molar-refractivity contribution in [1.82, 2.24) is 4.90 Å². The summed E-state index contributed by atoms with van der Waals surface area (Å²) in [7, 11) is 1.66. The van der Waals surface area contributed by atoms with E-state index in [0.29, 0.717) is 39.1 Å². The van der Waals surface area contributed by atoms with Gasteiger partial charge in [-0.1, -0.05) is 18.2 Å². The fraction of sp³-hybridized carbons (Fsp3) is 0.433. The summed E-state index contributed by atoms with van der Waals surface area (Å²) >= 11 is 1.75. The first-order valence-electron chi connectivity index (χ1n) is 13.1. The van der Waals surface area contributed by atoms with Crippen LogP contribution in [-0.2, 0) is 22.5 Å². The number of hydrogen-bond donors (Lipinski definition) is 0. The van der Waals surface area contributed by atoms with Crippen LogP contribution in [0.15, 0.2) is 48.5 Å². The molecule has 3 heterocycles. The van der Waals surface area contributed by atoms with Gasteiger partial charge in [-0.3, -0.25) is 4.79 Å². The van der Waals surface area contributed by atoms with Crippen molar-refractivity contribution < 1.29 is 23.7 Å². The summed E-state index contributed by atoms with van der Waals surface area (Å²) in [6, 6.07) is 16.4. The van der Waals surface area contributed by atoms with Crippen molar-refractivity contribution in [3.05, 3.63) is 64.5 Å². The van der Waals surface area contributed by atoms with E-state index in [1.807, 2.05) is 29.2 Å². The number of methoxy groups -OCH3 is 1. The summed E-state index contributed by atoms with van der Waals surface area (Å²) in [5.74, 6) is 2.40. The maximum Gasteiger partial charge on any atom is 0.223 e. The SMILES string of the molecule is COc1ccccc1CCC(=O)N1CCOc2c(cc(-c3ccc(C)s3)cc2OC[C@H]2CCCCO2)C1. The Morgan fingerprint density at radius 1 is 1.11 bits per heavy atom. The number of nitrogens with zero attached hydrogens (tertiary/aromatic N) is 1. The van der Waals surface area contributed by atoms with E-state index in [2.05, 4.69) is 31.2 Å². The van der Waals surface area contributed by atoms with Crippen LogP contribution in [-0.4, -0.2) is 50.4 Å². The van der Waals surface area contributed by atoms with Crippen molar-refractivity contribution >= 4 is 17.2 Å². The zero-order valence-electron chi connectivity index (χ0n) is 21.7. The maximum absolute atomic E-state index is 13.3. The molecule has 7 heteroatoms. The van der Waals surface area contributed by atoms with Crippen LogP contribution in [0.1, 0.15) is 41.7 Å². The highest BCUT2D eigenvalue weighted by atomic mass is 32.1. The summed E-state index contributed by atoms with van der Waals surface area (Å²) in [6.45, 7) is 4.88. The van der Waals surface area contributed by atoms with Crippen LogP contribution in [0.5, 0.6) is 17.2 Å². The minimum atomic E-state index is 0.107. The van der Waals surface area contributed by atoms with Gasteiger partial charge in [0.1, 0.15) is 19.0 Å². The molecule has 5 rings (SSSR count). The van der Waals surface area contributed by atoms with Gasteiger partial charge in [-0.2, -0.15) is 0 Å². The predicted octanol–water partition coefficient (Wildman–Crippen LogP) is 6.03. The van der Waals surface area contributed by atoms with E-state index in [9.17, 15) is 4.79 Å². The van der Waals surface area contributed by atoms with E-state index in [0.717, 1.165) is 53.4 Å². The quantitative estimate of drug-likeness (QED) is 0.362. The fourth-order valence-corrected chi connectivity index (χ4v) is 5.82. The summed E-state index contributed by atoms with van der Waals surface area (Å²) < 4.78 is 23.9. The molecule has 0 saturated carbocycles. The van der Waals surface area contributed by atoms with Crippen LogP contribution in [0.3, 0.4) is 0 Å². The lowest BCUT2D eigenvalue weighted by Gasteiger charge is -2.24. The van der Waals surface area contributed by atoms with Crippen LogP contribution < -0.4 is 14.2 Å². The summed E-state index contributed by atoms with van der Waals surface area (Å²) in [4.78, 5) is 17.6. The first kappa shape index (κ1) is 25.6. The summed E-state index contributed by atoms with van der Waals surface area (Å²) in [5.41, 5.74) is 3.11. The molecule has 0 radical (unpaired) electrons. The maximum atomic E-state index is 13.3. The Morgan fingerprint density at radius 3 is 2.78 bits per heavy atom. The van der Waals surface area contributed by atoms with E-state index in [1.54, 1.807) is 18.4 Å². The van der Waals surface area contributed by atoms with Crippen molar-refractivity contribution in [2.24, 2.45) is 0 Å². The lowest BCUT2D eigenvalue weighted by molar-refractivity contribution is -0.131. The number of fused-ring (bicyclic) bond motifs is 1. The number of benzene rings is 2. The molecule has 0 bridgehead atoms. The molecule has 2 aliphatic rings. The molecule has 1 aromatic heterocycles. The van der Waals surface area contributed by atoms with E-state index >= 15 is 0 Å². The van der Waals surface area contributed by atoms with Crippen molar-refractivity contribution in [3.8, 4) is 27.7 Å². The second-order valence-corrected chi connectivity index (χ2v) is 10.9. The summed E-state index contributed by atoms with van der Waals surface area (Å²) in [5, 5.41) is 0. The molecule has 2 aliphatic heterocycles. The van der Waals surface area contributed by atoms with Crippen molar-refractivity contribution in [2.45, 2.75) is 51.7 Å². The van der Waals surface area contributed by atoms with Crippen LogP contribution in [0.2, 0.25) is 0 Å². The van der Waals surface area contributed by atoms with Crippen LogP contribution >= 0.6 is 11.3 Å². The first-order chi connectivity index (χ1) is 18.1. The molecule has 37 heavy (non-hydrogen) atoms. The number of aryl methyl sites for hydroxylation is 2. The first-order valence-corrected chi connectivity index (χ1v) is 13.9. The van der Waals surface area contributed by atoms with Crippen LogP contribution in [0.25, 0.3) is 10.4 Å². The molecule has 0 N–H and O–H groups in total. The molecular formula is C30H35NO5S. The van der Waals surface area contributed by atoms with Gasteiger partial charge >= 0.3 is 0 Å². The average molecular weight is 522 g/mol. The average Bonchev–Trinajstić information content (AvgIpc) is 3.25. The van der Waals surface area contributed by atoms with E-state index < -0.39 is 0 Å². The van der Waals surface area contributed by atoms with E-state index in [1.165, 1.54) is 16.2 Å². The third kappa shape index (κ3) is 6.28. The molecule has 1 fully saturated rings. The van der Waals surface area contributed by atoms with Gasteiger partial charge in [0.15, 0.2) is 11.5 Å². The number of rotatable bonds is 8. The van der Waals surface area contributed by atoms with Gasteiger partial charge in [0.2, 0.25) is 5.91 Å². The monoisotopic (exact) mass is 521 g/mol. The highest BCUT2D eigenvalue weighted by Gasteiger charge is 2.25. The standard InChI is InChI=1S/C30H35NO5S/c1-21-10-12-28(37-21)23-17-24-19-31(29(32)13-11-22-7-3-4-9-26(22)33-2)14-16-35-30(24)27(18-23)36-20-25-8-5-6-15-34-25/h3-4,7,9-10,12,17-18,25H,5-6,8,11,13-16,19-20H2,1-2H3/t25-/m1/s1. The number of thiophene rings is 1. The molecule has 0 aliphatic carbocycles. The van der Waals surface area contributed by atoms with Crippen molar-refractivity contribution in [2.75, 3.05) is 33.5 Å². The van der Waals surface area contributed by atoms with Gasteiger partial charge < -0.3 is 23.8 Å². The highest BCUT2D eigenvalue weighted by molar-refractivity contribution is 7.15. The molecule has 2 aromatic carbocycles. The number of hydrogen-bond acceptors (Lipinski definition) is 6. The Kier molecular flexibility index (Phi) is 8.31. The molecule has 196 valence electrons. The highest BCUT2D eigenvalue weighted by Crippen LogP contribution is 2.40. The Balaban J connectivity index is 1.36. The lowest BCUT2D eigenvalue weighted by atomic mass is 10.1. The Morgan fingerprint density at radius 2 is 2.00 bits per heavy atom. The number of carbonyl (C=O) groups is 1. The van der Waals surface area contributed by atoms with E-state index in [-0.39, 0.29) is 12.0 Å². The third-order valence-corrected chi connectivity index (χ3v) is 8.03. The molecule has 1 saturated heterocycles.